The Labute approximate surface area is 99.6 Å². The molecule has 1 rings (SSSR count). The maximum atomic E-state index is 10.4. The third-order valence-electron chi connectivity index (χ3n) is 2.18. The molecule has 0 heterocycles. The molecule has 0 saturated heterocycles. The van der Waals surface area contributed by atoms with Crippen LogP contribution in [0.25, 0.3) is 0 Å². The van der Waals surface area contributed by atoms with Crippen molar-refractivity contribution in [2.24, 2.45) is 0 Å². The lowest BCUT2D eigenvalue weighted by Crippen LogP contribution is -2.32. The summed E-state index contributed by atoms with van der Waals surface area (Å²) in [5.41, 5.74) is 0. The van der Waals surface area contributed by atoms with Crippen molar-refractivity contribution in [2.45, 2.75) is 25.6 Å². The lowest BCUT2D eigenvalue weighted by molar-refractivity contribution is -0.149. The van der Waals surface area contributed by atoms with Crippen molar-refractivity contribution in [3.05, 3.63) is 24.3 Å². The SMILES string of the molecule is COc1cccc(OC(C)(O)CCC(=O)O)c1. The van der Waals surface area contributed by atoms with Crippen molar-refractivity contribution in [3.8, 4) is 11.5 Å². The molecule has 0 bridgehead atoms. The molecule has 94 valence electrons. The monoisotopic (exact) mass is 240 g/mol. The molecule has 0 saturated carbocycles. The van der Waals surface area contributed by atoms with E-state index in [1.165, 1.54) is 14.0 Å². The van der Waals surface area contributed by atoms with Crippen LogP contribution in [0.5, 0.6) is 11.5 Å². The second-order valence-electron chi connectivity index (χ2n) is 3.85. The number of hydrogen-bond donors (Lipinski definition) is 2. The van der Waals surface area contributed by atoms with Crippen LogP contribution in [-0.4, -0.2) is 29.1 Å². The zero-order chi connectivity index (χ0) is 12.9. The summed E-state index contributed by atoms with van der Waals surface area (Å²) in [6.45, 7) is 1.43. The van der Waals surface area contributed by atoms with Crippen molar-refractivity contribution in [2.75, 3.05) is 7.11 Å². The van der Waals surface area contributed by atoms with E-state index >= 15 is 0 Å². The van der Waals surface area contributed by atoms with Crippen LogP contribution in [0.4, 0.5) is 0 Å². The number of carboxylic acids is 1. The Bertz CT molecular complexity index is 386. The molecule has 1 atom stereocenters. The van der Waals surface area contributed by atoms with E-state index in [1.807, 2.05) is 0 Å². The number of aliphatic carboxylic acids is 1. The van der Waals surface area contributed by atoms with E-state index in [0.717, 1.165) is 0 Å². The maximum Gasteiger partial charge on any atom is 0.303 e. The molecule has 2 N–H and O–H groups in total. The molecule has 0 radical (unpaired) electrons. The van der Waals surface area contributed by atoms with E-state index < -0.39 is 11.8 Å². The van der Waals surface area contributed by atoms with Gasteiger partial charge < -0.3 is 19.7 Å². The van der Waals surface area contributed by atoms with Crippen molar-refractivity contribution in [1.82, 2.24) is 0 Å². The quantitative estimate of drug-likeness (QED) is 0.739. The van der Waals surface area contributed by atoms with Crippen molar-refractivity contribution >= 4 is 5.97 Å². The van der Waals surface area contributed by atoms with Crippen LogP contribution >= 0.6 is 0 Å². The van der Waals surface area contributed by atoms with Gasteiger partial charge in [-0.25, -0.2) is 0 Å². The van der Waals surface area contributed by atoms with Crippen molar-refractivity contribution in [3.63, 3.8) is 0 Å². The first-order valence-electron chi connectivity index (χ1n) is 5.20. The van der Waals surface area contributed by atoms with Crippen LogP contribution in [0.3, 0.4) is 0 Å². The highest BCUT2D eigenvalue weighted by Gasteiger charge is 2.23. The molecule has 17 heavy (non-hydrogen) atoms. The van der Waals surface area contributed by atoms with Crippen LogP contribution < -0.4 is 9.47 Å². The fourth-order valence-electron chi connectivity index (χ4n) is 1.31. The average molecular weight is 240 g/mol. The van der Waals surface area contributed by atoms with Gasteiger partial charge in [-0.2, -0.15) is 0 Å². The third kappa shape index (κ3) is 4.74. The van der Waals surface area contributed by atoms with E-state index in [1.54, 1.807) is 24.3 Å². The highest BCUT2D eigenvalue weighted by Crippen LogP contribution is 2.24. The Kier molecular flexibility index (Phi) is 4.34. The van der Waals surface area contributed by atoms with Crippen molar-refractivity contribution in [1.29, 1.82) is 0 Å². The molecule has 0 amide bonds. The molecule has 0 aliphatic rings. The molecular weight excluding hydrogens is 224 g/mol. The minimum absolute atomic E-state index is 0.0134. The molecule has 5 nitrogen and oxygen atoms in total. The molecule has 0 aliphatic carbocycles. The highest BCUT2D eigenvalue weighted by atomic mass is 16.6. The average Bonchev–Trinajstić information content (AvgIpc) is 2.26. The zero-order valence-electron chi connectivity index (χ0n) is 9.84. The first-order valence-corrected chi connectivity index (χ1v) is 5.20. The number of aliphatic hydroxyl groups is 1. The summed E-state index contributed by atoms with van der Waals surface area (Å²) in [4.78, 5) is 10.4. The van der Waals surface area contributed by atoms with Gasteiger partial charge in [0.05, 0.1) is 13.5 Å². The predicted octanol–water partition coefficient (Wildman–Crippen LogP) is 1.65. The number of carboxylic acid groups (broad SMARTS) is 1. The number of methoxy groups -OCH3 is 1. The van der Waals surface area contributed by atoms with Crippen molar-refractivity contribution < 1.29 is 24.5 Å². The zero-order valence-corrected chi connectivity index (χ0v) is 9.84. The van der Waals surface area contributed by atoms with Gasteiger partial charge in [0.2, 0.25) is 5.79 Å². The Morgan fingerprint density at radius 2 is 2.06 bits per heavy atom. The molecule has 0 spiro atoms. The number of carbonyl (C=O) groups is 1. The van der Waals surface area contributed by atoms with E-state index in [0.29, 0.717) is 11.5 Å². The molecule has 5 heteroatoms. The van der Waals surface area contributed by atoms with Gasteiger partial charge in [-0.3, -0.25) is 4.79 Å². The lowest BCUT2D eigenvalue weighted by atomic mass is 10.1. The summed E-state index contributed by atoms with van der Waals surface area (Å²) in [7, 11) is 1.53. The summed E-state index contributed by atoms with van der Waals surface area (Å²) in [6.07, 6.45) is -0.142. The van der Waals surface area contributed by atoms with Gasteiger partial charge in [-0.1, -0.05) is 6.07 Å². The Balaban J connectivity index is 2.64. The van der Waals surface area contributed by atoms with Gasteiger partial charge in [-0.05, 0) is 12.1 Å². The fourth-order valence-corrected chi connectivity index (χ4v) is 1.31. The highest BCUT2D eigenvalue weighted by molar-refractivity contribution is 5.66. The minimum atomic E-state index is -1.51. The molecule has 0 aromatic heterocycles. The van der Waals surface area contributed by atoms with Crippen LogP contribution in [0.1, 0.15) is 19.8 Å². The van der Waals surface area contributed by atoms with E-state index in [-0.39, 0.29) is 12.8 Å². The summed E-state index contributed by atoms with van der Waals surface area (Å²) < 4.78 is 10.3. The largest absolute Gasteiger partial charge is 0.497 e. The summed E-state index contributed by atoms with van der Waals surface area (Å²) in [6, 6.07) is 6.76. The Hall–Kier alpha value is -1.75. The number of rotatable bonds is 6. The smallest absolute Gasteiger partial charge is 0.303 e. The first kappa shape index (κ1) is 13.3. The normalized spacial score (nSPS) is 13.8. The van der Waals surface area contributed by atoms with Gasteiger partial charge in [0.25, 0.3) is 0 Å². The molecule has 1 unspecified atom stereocenters. The molecular formula is C12H16O5. The van der Waals surface area contributed by atoms with Gasteiger partial charge in [-0.15, -0.1) is 0 Å². The Morgan fingerprint density at radius 3 is 2.65 bits per heavy atom. The summed E-state index contributed by atoms with van der Waals surface area (Å²) >= 11 is 0. The second-order valence-corrected chi connectivity index (χ2v) is 3.85. The summed E-state index contributed by atoms with van der Waals surface area (Å²) in [5.74, 6) is -1.44. The van der Waals surface area contributed by atoms with Gasteiger partial charge in [0, 0.05) is 19.4 Å². The summed E-state index contributed by atoms with van der Waals surface area (Å²) in [5, 5.41) is 18.4. The number of benzene rings is 1. The van der Waals surface area contributed by atoms with Gasteiger partial charge in [0.1, 0.15) is 11.5 Å². The van der Waals surface area contributed by atoms with E-state index in [2.05, 4.69) is 0 Å². The van der Waals surface area contributed by atoms with Gasteiger partial charge in [0.15, 0.2) is 0 Å². The predicted molar refractivity (Wildman–Crippen MR) is 61.1 cm³/mol. The lowest BCUT2D eigenvalue weighted by Gasteiger charge is -2.24. The van der Waals surface area contributed by atoms with Crippen LogP contribution in [-0.2, 0) is 4.79 Å². The third-order valence-corrected chi connectivity index (χ3v) is 2.18. The maximum absolute atomic E-state index is 10.4. The Morgan fingerprint density at radius 1 is 1.41 bits per heavy atom. The van der Waals surface area contributed by atoms with Crippen LogP contribution in [0.15, 0.2) is 24.3 Å². The molecule has 1 aromatic rings. The number of ether oxygens (including phenoxy) is 2. The van der Waals surface area contributed by atoms with Crippen LogP contribution in [0.2, 0.25) is 0 Å². The van der Waals surface area contributed by atoms with Crippen LogP contribution in [0, 0.1) is 0 Å². The topological polar surface area (TPSA) is 76.0 Å². The van der Waals surface area contributed by atoms with Gasteiger partial charge >= 0.3 is 5.97 Å². The molecule has 1 aromatic carbocycles. The standard InChI is InChI=1S/C12H16O5/c1-12(15,7-6-11(13)14)17-10-5-3-4-9(8-10)16-2/h3-5,8,15H,6-7H2,1-2H3,(H,13,14). The molecule has 0 fully saturated rings. The number of hydrogen-bond acceptors (Lipinski definition) is 4. The minimum Gasteiger partial charge on any atom is -0.497 e. The van der Waals surface area contributed by atoms with E-state index in [9.17, 15) is 9.90 Å². The first-order chi connectivity index (χ1) is 7.93. The fraction of sp³-hybridized carbons (Fsp3) is 0.417. The second kappa shape index (κ2) is 5.54. The molecule has 0 aliphatic heterocycles. The van der Waals surface area contributed by atoms with E-state index in [4.69, 9.17) is 14.6 Å².